The van der Waals surface area contributed by atoms with Gasteiger partial charge in [-0.1, -0.05) is 58.3 Å². The van der Waals surface area contributed by atoms with Crippen LogP contribution in [-0.2, 0) is 0 Å². The van der Waals surface area contributed by atoms with Crippen molar-refractivity contribution in [1.82, 2.24) is 0 Å². The Hall–Kier alpha value is -0.160. The molecule has 0 bridgehead atoms. The summed E-state index contributed by atoms with van der Waals surface area (Å²) < 4.78 is 0.435. The van der Waals surface area contributed by atoms with Crippen molar-refractivity contribution >= 4 is 0 Å². The van der Waals surface area contributed by atoms with Crippen LogP contribution in [0.15, 0.2) is 0 Å². The Labute approximate surface area is 131 Å². The average molecular weight is 304 g/mol. The molecule has 0 rings (SSSR count). The fraction of sp³-hybridized carbons (Fsp3) is 1.00. The topological polar surface area (TPSA) is 60.7 Å². The number of aliphatic hydroxyl groups is 3. The molecule has 0 saturated heterocycles. The lowest BCUT2D eigenvalue weighted by Crippen LogP contribution is -2.52. The Morgan fingerprint density at radius 2 is 1.00 bits per heavy atom. The highest BCUT2D eigenvalue weighted by Crippen LogP contribution is 2.13. The maximum Gasteiger partial charge on any atom is 0.180 e. The van der Waals surface area contributed by atoms with Gasteiger partial charge in [-0.25, -0.2) is 0 Å². The number of hydrogen-bond acceptors (Lipinski definition) is 3. The highest BCUT2D eigenvalue weighted by molar-refractivity contribution is 4.49. The van der Waals surface area contributed by atoms with E-state index in [2.05, 4.69) is 6.92 Å². The van der Waals surface area contributed by atoms with Gasteiger partial charge in [0.2, 0.25) is 0 Å². The summed E-state index contributed by atoms with van der Waals surface area (Å²) in [5.41, 5.74) is 0. The van der Waals surface area contributed by atoms with Crippen molar-refractivity contribution in [3.63, 3.8) is 0 Å². The van der Waals surface area contributed by atoms with Crippen LogP contribution in [0.1, 0.15) is 71.1 Å². The molecule has 0 aromatic heterocycles. The van der Waals surface area contributed by atoms with Gasteiger partial charge < -0.3 is 15.3 Å². The monoisotopic (exact) mass is 304 g/mol. The summed E-state index contributed by atoms with van der Waals surface area (Å²) in [4.78, 5) is 0. The minimum absolute atomic E-state index is 0.0124. The van der Waals surface area contributed by atoms with Crippen LogP contribution in [0.5, 0.6) is 0 Å². The van der Waals surface area contributed by atoms with Crippen LogP contribution in [-0.4, -0.2) is 59.4 Å². The first-order chi connectivity index (χ1) is 10.2. The molecule has 0 atom stereocenters. The molecule has 3 N–H and O–H groups in total. The van der Waals surface area contributed by atoms with Crippen LogP contribution in [0.3, 0.4) is 0 Å². The number of quaternary nitrogens is 1. The third-order valence-electron chi connectivity index (χ3n) is 4.43. The quantitative estimate of drug-likeness (QED) is 0.233. The second-order valence-corrected chi connectivity index (χ2v) is 6.28. The molecular formula is C17H38NO3+. The van der Waals surface area contributed by atoms with Gasteiger partial charge in [-0.2, -0.15) is 0 Å². The first kappa shape index (κ1) is 20.8. The normalized spacial score (nSPS) is 12.0. The van der Waals surface area contributed by atoms with Gasteiger partial charge in [-0.3, -0.25) is 4.48 Å². The van der Waals surface area contributed by atoms with E-state index in [1.807, 2.05) is 0 Å². The lowest BCUT2D eigenvalue weighted by atomic mass is 10.1. The fourth-order valence-electron chi connectivity index (χ4n) is 2.91. The van der Waals surface area contributed by atoms with Crippen LogP contribution in [0, 0.1) is 0 Å². The van der Waals surface area contributed by atoms with Gasteiger partial charge in [0.1, 0.15) is 13.1 Å². The summed E-state index contributed by atoms with van der Waals surface area (Å²) in [5, 5.41) is 27.8. The van der Waals surface area contributed by atoms with Gasteiger partial charge in [-0.05, 0) is 12.8 Å². The zero-order valence-electron chi connectivity index (χ0n) is 14.1. The number of nitrogens with zero attached hydrogens (tertiary/aromatic N) is 1. The number of unbranched alkanes of at least 4 members (excludes halogenated alkanes) is 9. The van der Waals surface area contributed by atoms with E-state index in [0.29, 0.717) is 17.6 Å². The molecule has 0 unspecified atom stereocenters. The molecule has 128 valence electrons. The summed E-state index contributed by atoms with van der Waals surface area (Å²) in [6.45, 7) is 4.32. The molecule has 0 radical (unpaired) electrons. The Morgan fingerprint density at radius 3 is 1.38 bits per heavy atom. The minimum Gasteiger partial charge on any atom is -0.391 e. The van der Waals surface area contributed by atoms with Gasteiger partial charge in [0.15, 0.2) is 6.73 Å². The fourth-order valence-corrected chi connectivity index (χ4v) is 2.91. The minimum atomic E-state index is 0.0124. The lowest BCUT2D eigenvalue weighted by Gasteiger charge is -2.35. The highest BCUT2D eigenvalue weighted by atomic mass is 16.3. The van der Waals surface area contributed by atoms with Crippen molar-refractivity contribution in [3.05, 3.63) is 0 Å². The van der Waals surface area contributed by atoms with Gasteiger partial charge in [-0.15, -0.1) is 0 Å². The average Bonchev–Trinajstić information content (AvgIpc) is 2.49. The summed E-state index contributed by atoms with van der Waals surface area (Å²) in [5.74, 6) is 0. The molecular weight excluding hydrogens is 266 g/mol. The van der Waals surface area contributed by atoms with Gasteiger partial charge in [0, 0.05) is 0 Å². The number of rotatable bonds is 16. The van der Waals surface area contributed by atoms with E-state index in [1.54, 1.807) is 0 Å². The maximum absolute atomic E-state index is 9.53. The Morgan fingerprint density at radius 1 is 0.571 bits per heavy atom. The van der Waals surface area contributed by atoms with E-state index in [1.165, 1.54) is 57.8 Å². The second kappa shape index (κ2) is 14.8. The molecule has 0 aromatic carbocycles. The summed E-state index contributed by atoms with van der Waals surface area (Å²) in [6.07, 6.45) is 13.0. The van der Waals surface area contributed by atoms with Crippen LogP contribution in [0.2, 0.25) is 0 Å². The molecule has 0 fully saturated rings. The van der Waals surface area contributed by atoms with Crippen molar-refractivity contribution in [2.45, 2.75) is 71.1 Å². The maximum atomic E-state index is 9.53. The molecule has 4 heteroatoms. The molecule has 21 heavy (non-hydrogen) atoms. The van der Waals surface area contributed by atoms with E-state index in [-0.39, 0.29) is 19.9 Å². The Balaban J connectivity index is 3.57. The van der Waals surface area contributed by atoms with Crippen LogP contribution >= 0.6 is 0 Å². The van der Waals surface area contributed by atoms with Crippen LogP contribution < -0.4 is 0 Å². The van der Waals surface area contributed by atoms with Crippen LogP contribution in [0.25, 0.3) is 0 Å². The second-order valence-electron chi connectivity index (χ2n) is 6.28. The first-order valence-corrected chi connectivity index (χ1v) is 8.92. The van der Waals surface area contributed by atoms with Gasteiger partial charge in [0.25, 0.3) is 0 Å². The van der Waals surface area contributed by atoms with Crippen molar-refractivity contribution < 1.29 is 19.8 Å². The Bertz CT molecular complexity index is 206. The smallest absolute Gasteiger partial charge is 0.180 e. The van der Waals surface area contributed by atoms with Crippen molar-refractivity contribution in [3.8, 4) is 0 Å². The first-order valence-electron chi connectivity index (χ1n) is 8.92. The van der Waals surface area contributed by atoms with Crippen molar-refractivity contribution in [1.29, 1.82) is 0 Å². The number of aliphatic hydroxyl groups excluding tert-OH is 3. The SMILES string of the molecule is CCCCCCCCCCCC[N+](CO)(CCO)CCO. The molecule has 0 aliphatic rings. The lowest BCUT2D eigenvalue weighted by molar-refractivity contribution is -0.945. The predicted molar refractivity (Wildman–Crippen MR) is 88.0 cm³/mol. The van der Waals surface area contributed by atoms with Crippen molar-refractivity contribution in [2.75, 3.05) is 39.6 Å². The summed E-state index contributed by atoms with van der Waals surface area (Å²) >= 11 is 0. The number of hydrogen-bond donors (Lipinski definition) is 3. The van der Waals surface area contributed by atoms with Crippen LogP contribution in [0.4, 0.5) is 0 Å². The van der Waals surface area contributed by atoms with Gasteiger partial charge >= 0.3 is 0 Å². The molecule has 0 spiro atoms. The highest BCUT2D eigenvalue weighted by Gasteiger charge is 2.24. The van der Waals surface area contributed by atoms with E-state index in [9.17, 15) is 5.11 Å². The molecule has 0 aliphatic carbocycles. The summed E-state index contributed by atoms with van der Waals surface area (Å²) in [7, 11) is 0. The van der Waals surface area contributed by atoms with Crippen molar-refractivity contribution in [2.24, 2.45) is 0 Å². The third kappa shape index (κ3) is 11.1. The Kier molecular flexibility index (Phi) is 14.7. The zero-order valence-corrected chi connectivity index (χ0v) is 14.1. The molecule has 0 aliphatic heterocycles. The standard InChI is InChI=1S/C17H38NO3/c1-2-3-4-5-6-7-8-9-10-11-12-18(17-21,13-15-19)14-16-20/h19-21H,2-17H2,1H3/q+1. The van der Waals surface area contributed by atoms with E-state index in [4.69, 9.17) is 10.2 Å². The third-order valence-corrected chi connectivity index (χ3v) is 4.43. The zero-order chi connectivity index (χ0) is 15.8. The van der Waals surface area contributed by atoms with E-state index in [0.717, 1.165) is 13.0 Å². The molecule has 0 aromatic rings. The predicted octanol–water partition coefficient (Wildman–Crippen LogP) is 2.66. The van der Waals surface area contributed by atoms with Gasteiger partial charge in [0.05, 0.1) is 19.8 Å². The molecule has 0 amide bonds. The largest absolute Gasteiger partial charge is 0.391 e. The molecule has 0 saturated carbocycles. The van der Waals surface area contributed by atoms with E-state index < -0.39 is 0 Å². The van der Waals surface area contributed by atoms with E-state index >= 15 is 0 Å². The summed E-state index contributed by atoms with van der Waals surface area (Å²) in [6, 6.07) is 0. The molecule has 0 heterocycles. The molecule has 4 nitrogen and oxygen atoms in total.